The van der Waals surface area contributed by atoms with Crippen molar-refractivity contribution < 1.29 is 16.8 Å². The fraction of sp³-hybridized carbons (Fsp3) is 0.571. The average Bonchev–Trinajstić information content (AvgIpc) is 2.81. The zero-order valence-electron chi connectivity index (χ0n) is 12.0. The zero-order valence-corrected chi connectivity index (χ0v) is 13.7. The Hall–Kier alpha value is -0.920. The predicted molar refractivity (Wildman–Crippen MR) is 81.5 cm³/mol. The molecule has 0 heterocycles. The van der Waals surface area contributed by atoms with E-state index in [0.29, 0.717) is 6.42 Å². The molecule has 1 aliphatic rings. The van der Waals surface area contributed by atoms with Crippen LogP contribution in [0.15, 0.2) is 34.1 Å². The van der Waals surface area contributed by atoms with Crippen LogP contribution in [-0.4, -0.2) is 34.9 Å². The second-order valence-electron chi connectivity index (χ2n) is 5.71. The second kappa shape index (κ2) is 6.06. The van der Waals surface area contributed by atoms with Crippen LogP contribution < -0.4 is 5.73 Å². The molecule has 7 heteroatoms. The molecule has 1 aromatic rings. The highest BCUT2D eigenvalue weighted by Crippen LogP contribution is 2.28. The molecule has 0 bridgehead atoms. The molecule has 1 aliphatic carbocycles. The van der Waals surface area contributed by atoms with Crippen molar-refractivity contribution in [3.63, 3.8) is 0 Å². The van der Waals surface area contributed by atoms with Gasteiger partial charge in [-0.15, -0.1) is 0 Å². The Morgan fingerprint density at radius 2 is 1.62 bits per heavy atom. The molecule has 0 amide bonds. The Balaban J connectivity index is 2.09. The molecule has 2 N–H and O–H groups in total. The molecule has 0 radical (unpaired) electrons. The van der Waals surface area contributed by atoms with Gasteiger partial charge < -0.3 is 5.73 Å². The summed E-state index contributed by atoms with van der Waals surface area (Å²) < 4.78 is 47.3. The van der Waals surface area contributed by atoms with E-state index in [1.54, 1.807) is 0 Å². The van der Waals surface area contributed by atoms with Crippen LogP contribution in [0.4, 0.5) is 0 Å². The lowest BCUT2D eigenvalue weighted by atomic mass is 10.0. The van der Waals surface area contributed by atoms with Crippen LogP contribution in [0.5, 0.6) is 0 Å². The average molecular weight is 331 g/mol. The number of hydrogen-bond donors (Lipinski definition) is 1. The van der Waals surface area contributed by atoms with E-state index in [-0.39, 0.29) is 27.5 Å². The Bertz CT molecular complexity index is 693. The van der Waals surface area contributed by atoms with Crippen molar-refractivity contribution in [3.8, 4) is 0 Å². The normalized spacial score (nSPS) is 23.3. The van der Waals surface area contributed by atoms with Crippen LogP contribution in [0.25, 0.3) is 0 Å². The summed E-state index contributed by atoms with van der Waals surface area (Å²) in [4.78, 5) is 0.292. The van der Waals surface area contributed by atoms with E-state index in [2.05, 4.69) is 0 Å². The quantitative estimate of drug-likeness (QED) is 0.879. The van der Waals surface area contributed by atoms with Crippen LogP contribution in [0.3, 0.4) is 0 Å². The van der Waals surface area contributed by atoms with E-state index in [1.165, 1.54) is 24.3 Å². The summed E-state index contributed by atoms with van der Waals surface area (Å²) in [6, 6.07) is 5.50. The van der Waals surface area contributed by atoms with Gasteiger partial charge in [0.15, 0.2) is 19.7 Å². The summed E-state index contributed by atoms with van der Waals surface area (Å²) in [5.74, 6) is 0.332. The maximum atomic E-state index is 12.3. The van der Waals surface area contributed by atoms with Crippen molar-refractivity contribution in [2.24, 2.45) is 11.7 Å². The molecular weight excluding hydrogens is 310 g/mol. The monoisotopic (exact) mass is 331 g/mol. The maximum absolute atomic E-state index is 12.3. The van der Waals surface area contributed by atoms with Gasteiger partial charge in [-0.05, 0) is 49.4 Å². The number of rotatable bonds is 5. The van der Waals surface area contributed by atoms with Crippen molar-refractivity contribution in [2.45, 2.75) is 41.5 Å². The van der Waals surface area contributed by atoms with E-state index in [1.807, 2.05) is 0 Å². The van der Waals surface area contributed by atoms with Gasteiger partial charge in [-0.25, -0.2) is 16.8 Å². The predicted octanol–water partition coefficient (Wildman–Crippen LogP) is 1.38. The molecule has 1 aromatic carbocycles. The van der Waals surface area contributed by atoms with Crippen LogP contribution >= 0.6 is 0 Å². The van der Waals surface area contributed by atoms with Crippen molar-refractivity contribution in [2.75, 3.05) is 12.0 Å². The zero-order chi connectivity index (χ0) is 15.7. The lowest BCUT2D eigenvalue weighted by molar-refractivity contribution is 0.464. The molecule has 2 atom stereocenters. The van der Waals surface area contributed by atoms with Crippen LogP contribution in [-0.2, 0) is 19.7 Å². The van der Waals surface area contributed by atoms with Gasteiger partial charge >= 0.3 is 0 Å². The molecular formula is C14H21NO4S2. The van der Waals surface area contributed by atoms with Gasteiger partial charge in [-0.3, -0.25) is 0 Å². The van der Waals surface area contributed by atoms with E-state index < -0.39 is 19.7 Å². The second-order valence-corrected chi connectivity index (χ2v) is 9.83. The largest absolute Gasteiger partial charge is 0.327 e. The summed E-state index contributed by atoms with van der Waals surface area (Å²) >= 11 is 0. The maximum Gasteiger partial charge on any atom is 0.178 e. The Morgan fingerprint density at radius 1 is 1.05 bits per heavy atom. The van der Waals surface area contributed by atoms with Gasteiger partial charge in [-0.2, -0.15) is 0 Å². The third-order valence-corrected chi connectivity index (χ3v) is 6.98. The number of sulfone groups is 2. The van der Waals surface area contributed by atoms with Gasteiger partial charge in [0.1, 0.15) is 0 Å². The van der Waals surface area contributed by atoms with Gasteiger partial charge in [0, 0.05) is 12.3 Å². The fourth-order valence-corrected chi connectivity index (χ4v) is 4.77. The van der Waals surface area contributed by atoms with Gasteiger partial charge in [0.25, 0.3) is 0 Å². The first-order valence-electron chi connectivity index (χ1n) is 6.98. The summed E-state index contributed by atoms with van der Waals surface area (Å²) in [6.07, 6.45) is 4.68. The van der Waals surface area contributed by atoms with Crippen LogP contribution in [0, 0.1) is 5.92 Å². The Labute approximate surface area is 126 Å². The van der Waals surface area contributed by atoms with Crippen LogP contribution in [0.2, 0.25) is 0 Å². The van der Waals surface area contributed by atoms with E-state index in [9.17, 15) is 16.8 Å². The smallest absolute Gasteiger partial charge is 0.178 e. The number of hydrogen-bond acceptors (Lipinski definition) is 5. The summed E-state index contributed by atoms with van der Waals surface area (Å²) in [7, 11) is -6.69. The minimum absolute atomic E-state index is 0.0591. The van der Waals surface area contributed by atoms with E-state index >= 15 is 0 Å². The lowest BCUT2D eigenvalue weighted by Crippen LogP contribution is -2.26. The SMILES string of the molecule is CS(=O)(=O)c1ccc(S(=O)(=O)CCC2CCCC2N)cc1. The molecule has 0 saturated heterocycles. The first-order valence-corrected chi connectivity index (χ1v) is 10.5. The molecule has 118 valence electrons. The molecule has 5 nitrogen and oxygen atoms in total. The minimum Gasteiger partial charge on any atom is -0.327 e. The van der Waals surface area contributed by atoms with Crippen molar-refractivity contribution in [3.05, 3.63) is 24.3 Å². The van der Waals surface area contributed by atoms with Crippen molar-refractivity contribution in [1.82, 2.24) is 0 Å². The summed E-state index contributed by atoms with van der Waals surface area (Å²) in [5, 5.41) is 0. The molecule has 21 heavy (non-hydrogen) atoms. The van der Waals surface area contributed by atoms with Gasteiger partial charge in [0.2, 0.25) is 0 Å². The first-order chi connectivity index (χ1) is 9.70. The molecule has 1 fully saturated rings. The number of benzene rings is 1. The minimum atomic E-state index is -3.38. The highest BCUT2D eigenvalue weighted by molar-refractivity contribution is 7.91. The Morgan fingerprint density at radius 3 is 2.10 bits per heavy atom. The van der Waals surface area contributed by atoms with Crippen molar-refractivity contribution in [1.29, 1.82) is 0 Å². The van der Waals surface area contributed by atoms with Crippen molar-refractivity contribution >= 4 is 19.7 Å². The van der Waals surface area contributed by atoms with E-state index in [0.717, 1.165) is 25.5 Å². The number of nitrogens with two attached hydrogens (primary N) is 1. The van der Waals surface area contributed by atoms with Gasteiger partial charge in [-0.1, -0.05) is 6.42 Å². The highest BCUT2D eigenvalue weighted by atomic mass is 32.2. The molecule has 1 saturated carbocycles. The molecule has 2 rings (SSSR count). The lowest BCUT2D eigenvalue weighted by Gasteiger charge is -2.15. The highest BCUT2D eigenvalue weighted by Gasteiger charge is 2.26. The van der Waals surface area contributed by atoms with Crippen LogP contribution in [0.1, 0.15) is 25.7 Å². The van der Waals surface area contributed by atoms with E-state index in [4.69, 9.17) is 5.73 Å². The topological polar surface area (TPSA) is 94.3 Å². The fourth-order valence-electron chi connectivity index (χ4n) is 2.74. The Kier molecular flexibility index (Phi) is 4.75. The summed E-state index contributed by atoms with van der Waals surface area (Å²) in [6.45, 7) is 0. The molecule has 0 aromatic heterocycles. The molecule has 2 unspecified atom stereocenters. The third-order valence-electron chi connectivity index (χ3n) is 4.09. The third kappa shape index (κ3) is 4.05. The van der Waals surface area contributed by atoms with Gasteiger partial charge in [0.05, 0.1) is 15.5 Å². The molecule has 0 aliphatic heterocycles. The summed E-state index contributed by atoms with van der Waals surface area (Å²) in [5.41, 5.74) is 5.95. The molecule has 0 spiro atoms. The first kappa shape index (κ1) is 16.5. The standard InChI is InChI=1S/C14H21NO4S2/c1-20(16,17)12-5-7-13(8-6-12)21(18,19)10-9-11-3-2-4-14(11)15/h5-8,11,14H,2-4,9-10,15H2,1H3.